The SMILES string of the molecule is O=C(CC1COCCN1)Nc1ccc(OCC(F)(F)F)nc1. The molecule has 2 rings (SSSR count). The Bertz CT molecular complexity index is 488. The second-order valence-electron chi connectivity index (χ2n) is 4.77. The van der Waals surface area contributed by atoms with E-state index in [9.17, 15) is 18.0 Å². The zero-order chi connectivity index (χ0) is 16.0. The third-order valence-electron chi connectivity index (χ3n) is 2.83. The first-order chi connectivity index (χ1) is 10.4. The zero-order valence-corrected chi connectivity index (χ0v) is 11.7. The molecule has 1 unspecified atom stereocenters. The minimum absolute atomic E-state index is 0.0453. The molecule has 6 nitrogen and oxygen atoms in total. The summed E-state index contributed by atoms with van der Waals surface area (Å²) in [6.45, 7) is 0.390. The summed E-state index contributed by atoms with van der Waals surface area (Å²) < 4.78 is 45.7. The molecule has 1 aromatic heterocycles. The molecular formula is C13H16F3N3O3. The number of aromatic nitrogens is 1. The molecule has 22 heavy (non-hydrogen) atoms. The van der Waals surface area contributed by atoms with E-state index in [1.54, 1.807) is 0 Å². The van der Waals surface area contributed by atoms with E-state index >= 15 is 0 Å². The Balaban J connectivity index is 1.79. The molecule has 2 heterocycles. The number of carbonyl (C=O) groups is 1. The zero-order valence-electron chi connectivity index (χ0n) is 11.7. The van der Waals surface area contributed by atoms with Gasteiger partial charge in [0.2, 0.25) is 11.8 Å². The van der Waals surface area contributed by atoms with Crippen LogP contribution in [0.1, 0.15) is 6.42 Å². The van der Waals surface area contributed by atoms with Gasteiger partial charge >= 0.3 is 6.18 Å². The summed E-state index contributed by atoms with van der Waals surface area (Å²) >= 11 is 0. The summed E-state index contributed by atoms with van der Waals surface area (Å²) in [4.78, 5) is 15.5. The number of nitrogens with zero attached hydrogens (tertiary/aromatic N) is 1. The Morgan fingerprint density at radius 1 is 1.50 bits per heavy atom. The van der Waals surface area contributed by atoms with Crippen molar-refractivity contribution in [1.82, 2.24) is 10.3 Å². The van der Waals surface area contributed by atoms with E-state index in [-0.39, 0.29) is 24.2 Å². The van der Waals surface area contributed by atoms with Gasteiger partial charge in [-0.15, -0.1) is 0 Å². The van der Waals surface area contributed by atoms with Crippen molar-refractivity contribution in [3.05, 3.63) is 18.3 Å². The number of amides is 1. The van der Waals surface area contributed by atoms with Gasteiger partial charge in [0.1, 0.15) is 0 Å². The molecule has 1 fully saturated rings. The number of alkyl halides is 3. The highest BCUT2D eigenvalue weighted by atomic mass is 19.4. The summed E-state index contributed by atoms with van der Waals surface area (Å²) in [6.07, 6.45) is -2.93. The monoisotopic (exact) mass is 319 g/mol. The Morgan fingerprint density at radius 3 is 2.91 bits per heavy atom. The maximum Gasteiger partial charge on any atom is 0.422 e. The quantitative estimate of drug-likeness (QED) is 0.857. The molecule has 0 bridgehead atoms. The van der Waals surface area contributed by atoms with Crippen molar-refractivity contribution in [2.24, 2.45) is 0 Å². The van der Waals surface area contributed by atoms with Crippen molar-refractivity contribution >= 4 is 11.6 Å². The third-order valence-corrected chi connectivity index (χ3v) is 2.83. The Hall–Kier alpha value is -1.87. The maximum absolute atomic E-state index is 12.0. The largest absolute Gasteiger partial charge is 0.468 e. The van der Waals surface area contributed by atoms with E-state index in [1.165, 1.54) is 18.3 Å². The molecule has 1 aromatic rings. The van der Waals surface area contributed by atoms with Gasteiger partial charge in [0.15, 0.2) is 6.61 Å². The predicted molar refractivity (Wildman–Crippen MR) is 71.6 cm³/mol. The summed E-state index contributed by atoms with van der Waals surface area (Å²) in [5.74, 6) is -0.383. The fourth-order valence-corrected chi connectivity index (χ4v) is 1.88. The fourth-order valence-electron chi connectivity index (χ4n) is 1.88. The topological polar surface area (TPSA) is 72.5 Å². The number of anilines is 1. The predicted octanol–water partition coefficient (Wildman–Crippen LogP) is 1.34. The normalized spacial score (nSPS) is 18.8. The molecule has 0 saturated carbocycles. The molecule has 0 aliphatic carbocycles. The number of nitrogens with one attached hydrogen (secondary N) is 2. The molecule has 0 spiro atoms. The average Bonchev–Trinajstić information content (AvgIpc) is 2.47. The average molecular weight is 319 g/mol. The number of rotatable bonds is 5. The van der Waals surface area contributed by atoms with Gasteiger partial charge in [0, 0.05) is 25.1 Å². The van der Waals surface area contributed by atoms with Crippen LogP contribution in [-0.4, -0.2) is 49.5 Å². The molecule has 0 aromatic carbocycles. The number of halogens is 3. The summed E-state index contributed by atoms with van der Waals surface area (Å²) in [7, 11) is 0. The Morgan fingerprint density at radius 2 is 2.32 bits per heavy atom. The first-order valence-corrected chi connectivity index (χ1v) is 6.69. The molecule has 122 valence electrons. The first-order valence-electron chi connectivity index (χ1n) is 6.69. The second kappa shape index (κ2) is 7.41. The van der Waals surface area contributed by atoms with E-state index < -0.39 is 12.8 Å². The number of carbonyl (C=O) groups excluding carboxylic acids is 1. The molecule has 1 aliphatic rings. The lowest BCUT2D eigenvalue weighted by atomic mass is 10.2. The van der Waals surface area contributed by atoms with E-state index in [2.05, 4.69) is 20.4 Å². The molecular weight excluding hydrogens is 303 g/mol. The minimum atomic E-state index is -4.41. The molecule has 1 aliphatic heterocycles. The van der Waals surface area contributed by atoms with Gasteiger partial charge in [-0.25, -0.2) is 4.98 Å². The second-order valence-corrected chi connectivity index (χ2v) is 4.77. The summed E-state index contributed by atoms with van der Waals surface area (Å²) in [5, 5.41) is 5.76. The highest BCUT2D eigenvalue weighted by Crippen LogP contribution is 2.18. The number of morpholine rings is 1. The van der Waals surface area contributed by atoms with Gasteiger partial charge in [0.25, 0.3) is 0 Å². The van der Waals surface area contributed by atoms with Crippen LogP contribution in [0.15, 0.2) is 18.3 Å². The number of hydrogen-bond donors (Lipinski definition) is 2. The Kier molecular flexibility index (Phi) is 5.56. The van der Waals surface area contributed by atoms with Crippen molar-refractivity contribution in [3.63, 3.8) is 0 Å². The van der Waals surface area contributed by atoms with Gasteiger partial charge in [-0.1, -0.05) is 0 Å². The van der Waals surface area contributed by atoms with Crippen molar-refractivity contribution < 1.29 is 27.4 Å². The van der Waals surface area contributed by atoms with Crippen LogP contribution in [0.2, 0.25) is 0 Å². The molecule has 9 heteroatoms. The fraction of sp³-hybridized carbons (Fsp3) is 0.538. The van der Waals surface area contributed by atoms with Crippen LogP contribution < -0.4 is 15.4 Å². The molecule has 2 N–H and O–H groups in total. The molecule has 1 saturated heterocycles. The summed E-state index contributed by atoms with van der Waals surface area (Å²) in [5.41, 5.74) is 0.390. The van der Waals surface area contributed by atoms with Gasteiger partial charge in [-0.2, -0.15) is 13.2 Å². The van der Waals surface area contributed by atoms with Crippen molar-refractivity contribution in [2.45, 2.75) is 18.6 Å². The van der Waals surface area contributed by atoms with Gasteiger partial charge in [-0.05, 0) is 6.07 Å². The standard InChI is InChI=1S/C13H16F3N3O3/c14-13(15,16)8-22-12-2-1-9(6-18-12)19-11(20)5-10-7-21-4-3-17-10/h1-2,6,10,17H,3-5,7-8H2,(H,19,20). The minimum Gasteiger partial charge on any atom is -0.468 e. The first kappa shape index (κ1) is 16.5. The molecule has 0 radical (unpaired) electrons. The third kappa shape index (κ3) is 5.86. The smallest absolute Gasteiger partial charge is 0.422 e. The van der Waals surface area contributed by atoms with Crippen LogP contribution in [0.3, 0.4) is 0 Å². The van der Waals surface area contributed by atoms with Crippen molar-refractivity contribution in [2.75, 3.05) is 31.7 Å². The molecule has 1 atom stereocenters. The van der Waals surface area contributed by atoms with Crippen LogP contribution >= 0.6 is 0 Å². The van der Waals surface area contributed by atoms with Crippen LogP contribution in [0, 0.1) is 0 Å². The van der Waals surface area contributed by atoms with Crippen molar-refractivity contribution in [1.29, 1.82) is 0 Å². The lowest BCUT2D eigenvalue weighted by Gasteiger charge is -2.23. The van der Waals surface area contributed by atoms with E-state index in [0.29, 0.717) is 25.4 Å². The number of hydrogen-bond acceptors (Lipinski definition) is 5. The van der Waals surface area contributed by atoms with Crippen LogP contribution in [0.25, 0.3) is 0 Å². The Labute approximate surface area is 125 Å². The van der Waals surface area contributed by atoms with Crippen LogP contribution in [0.5, 0.6) is 5.88 Å². The van der Waals surface area contributed by atoms with Gasteiger partial charge < -0.3 is 20.1 Å². The number of pyridine rings is 1. The lowest BCUT2D eigenvalue weighted by molar-refractivity contribution is -0.154. The summed E-state index contributed by atoms with van der Waals surface area (Å²) in [6, 6.07) is 2.65. The van der Waals surface area contributed by atoms with Gasteiger partial charge in [-0.3, -0.25) is 4.79 Å². The lowest BCUT2D eigenvalue weighted by Crippen LogP contribution is -2.43. The number of ether oxygens (including phenoxy) is 2. The van der Waals surface area contributed by atoms with E-state index in [0.717, 1.165) is 0 Å². The molecule has 1 amide bonds. The van der Waals surface area contributed by atoms with E-state index in [4.69, 9.17) is 4.74 Å². The van der Waals surface area contributed by atoms with Crippen molar-refractivity contribution in [3.8, 4) is 5.88 Å². The maximum atomic E-state index is 12.0. The highest BCUT2D eigenvalue weighted by Gasteiger charge is 2.28. The highest BCUT2D eigenvalue weighted by molar-refractivity contribution is 5.90. The van der Waals surface area contributed by atoms with Crippen LogP contribution in [-0.2, 0) is 9.53 Å². The van der Waals surface area contributed by atoms with Crippen LogP contribution in [0.4, 0.5) is 18.9 Å². The van der Waals surface area contributed by atoms with E-state index in [1.807, 2.05) is 0 Å². The van der Waals surface area contributed by atoms with Gasteiger partial charge in [0.05, 0.1) is 25.1 Å².